The lowest BCUT2D eigenvalue weighted by molar-refractivity contribution is -0.137. The Hall–Kier alpha value is -2.29. The van der Waals surface area contributed by atoms with Crippen LogP contribution >= 0.6 is 0 Å². The molecule has 0 N–H and O–H groups in total. The number of rotatable bonds is 5. The van der Waals surface area contributed by atoms with Crippen molar-refractivity contribution in [2.75, 3.05) is 0 Å². The minimum Gasteiger partial charge on any atom is -0.489 e. The van der Waals surface area contributed by atoms with E-state index in [1.807, 2.05) is 0 Å². The molecule has 0 atom stereocenters. The van der Waals surface area contributed by atoms with E-state index in [-0.39, 0.29) is 12.4 Å². The molecule has 0 fully saturated rings. The highest BCUT2D eigenvalue weighted by Crippen LogP contribution is 2.29. The van der Waals surface area contributed by atoms with E-state index in [2.05, 4.69) is 4.18 Å². The summed E-state index contributed by atoms with van der Waals surface area (Å²) in [4.78, 5) is 0. The summed E-state index contributed by atoms with van der Waals surface area (Å²) in [6, 6.07) is 9.50. The summed E-state index contributed by atoms with van der Waals surface area (Å²) in [6.07, 6.45) is -4.40. The number of benzene rings is 2. The van der Waals surface area contributed by atoms with Crippen LogP contribution in [0.4, 0.5) is 17.1 Å². The van der Waals surface area contributed by atoms with Gasteiger partial charge in [-0.15, -0.1) is 0 Å². The van der Waals surface area contributed by atoms with Crippen LogP contribution in [0.25, 0.3) is 0 Å². The molecule has 4 nitrogen and oxygen atoms in total. The van der Waals surface area contributed by atoms with Crippen LogP contribution in [0.15, 0.2) is 48.5 Å². The Kier molecular flexibility index (Phi) is 4.79. The predicted molar refractivity (Wildman–Crippen MR) is 72.9 cm³/mol. The fourth-order valence-corrected chi connectivity index (χ4v) is 2.00. The van der Waals surface area contributed by atoms with Crippen molar-refractivity contribution in [3.8, 4) is 11.5 Å². The lowest BCUT2D eigenvalue weighted by Gasteiger charge is -2.09. The minimum absolute atomic E-state index is 0.0136. The zero-order valence-electron chi connectivity index (χ0n) is 11.4. The van der Waals surface area contributed by atoms with E-state index >= 15 is 0 Å². The average molecular weight is 350 g/mol. The van der Waals surface area contributed by atoms with E-state index in [1.165, 1.54) is 36.4 Å². The second kappa shape index (κ2) is 6.45. The van der Waals surface area contributed by atoms with Gasteiger partial charge in [0.2, 0.25) is 0 Å². The van der Waals surface area contributed by atoms with Gasteiger partial charge in [0.1, 0.15) is 18.1 Å². The van der Waals surface area contributed by atoms with Crippen molar-refractivity contribution in [3.05, 3.63) is 59.7 Å². The van der Waals surface area contributed by atoms with Crippen LogP contribution in [0.1, 0.15) is 11.1 Å². The van der Waals surface area contributed by atoms with E-state index in [9.17, 15) is 25.5 Å². The molecule has 23 heavy (non-hydrogen) atoms. The molecule has 9 heteroatoms. The molecule has 0 unspecified atom stereocenters. The second-order valence-electron chi connectivity index (χ2n) is 4.43. The first-order valence-corrected chi connectivity index (χ1v) is 7.47. The number of ether oxygens (including phenoxy) is 1. The molecule has 2 rings (SSSR count). The maximum Gasteiger partial charge on any atom is 0.488 e. The first-order valence-electron chi connectivity index (χ1n) is 6.16. The first-order chi connectivity index (χ1) is 10.6. The molecule has 0 saturated heterocycles. The summed E-state index contributed by atoms with van der Waals surface area (Å²) < 4.78 is 79.5. The van der Waals surface area contributed by atoms with Crippen molar-refractivity contribution < 1.29 is 34.4 Å². The third-order valence-electron chi connectivity index (χ3n) is 2.71. The van der Waals surface area contributed by atoms with E-state index in [4.69, 9.17) is 4.74 Å². The molecule has 0 amide bonds. The zero-order chi connectivity index (χ0) is 17.1. The molecule has 0 spiro atoms. The summed E-state index contributed by atoms with van der Waals surface area (Å²) >= 11 is 0. The Labute approximate surface area is 129 Å². The van der Waals surface area contributed by atoms with Crippen LogP contribution < -0.4 is 8.92 Å². The van der Waals surface area contributed by atoms with Crippen molar-refractivity contribution in [3.63, 3.8) is 0 Å². The highest BCUT2D eigenvalue weighted by atomic mass is 32.3. The molecule has 0 aliphatic heterocycles. The van der Waals surface area contributed by atoms with Gasteiger partial charge in [-0.05, 0) is 42.0 Å². The van der Waals surface area contributed by atoms with E-state index in [0.717, 1.165) is 12.1 Å². The molecule has 0 aliphatic rings. The lowest BCUT2D eigenvalue weighted by atomic mass is 10.1. The summed E-state index contributed by atoms with van der Waals surface area (Å²) in [6.45, 7) is 0.0136. The monoisotopic (exact) mass is 350 g/mol. The highest BCUT2D eigenvalue weighted by molar-refractivity contribution is 7.81. The Morgan fingerprint density at radius 3 is 1.87 bits per heavy atom. The zero-order valence-corrected chi connectivity index (χ0v) is 12.2. The predicted octanol–water partition coefficient (Wildman–Crippen LogP) is 3.88. The Bertz CT molecular complexity index is 753. The van der Waals surface area contributed by atoms with Crippen molar-refractivity contribution in [2.45, 2.75) is 12.8 Å². The maximum atomic E-state index is 12.4. The largest absolute Gasteiger partial charge is 0.489 e. The first kappa shape index (κ1) is 17.1. The van der Waals surface area contributed by atoms with E-state index in [1.54, 1.807) is 0 Å². The molecule has 2 aromatic rings. The smallest absolute Gasteiger partial charge is 0.488 e. The molecule has 0 aliphatic carbocycles. The highest BCUT2D eigenvalue weighted by Gasteiger charge is 2.29. The third kappa shape index (κ3) is 5.44. The maximum absolute atomic E-state index is 12.4. The van der Waals surface area contributed by atoms with Gasteiger partial charge in [-0.3, -0.25) is 0 Å². The topological polar surface area (TPSA) is 52.6 Å². The van der Waals surface area contributed by atoms with Crippen LogP contribution in [0.5, 0.6) is 11.5 Å². The standard InChI is InChI=1S/C14H10F4O4S/c15-14(16,17)11-3-1-10(2-4-11)9-21-12-5-7-13(8-6-12)22-23(18,19)20/h1-8H,9H2. The number of hydrogen-bond donors (Lipinski definition) is 0. The van der Waals surface area contributed by atoms with Gasteiger partial charge in [-0.25, -0.2) is 0 Å². The van der Waals surface area contributed by atoms with Gasteiger partial charge < -0.3 is 8.92 Å². The molecule has 0 heterocycles. The normalized spacial score (nSPS) is 12.0. The fourth-order valence-electron chi connectivity index (χ4n) is 1.66. The summed E-state index contributed by atoms with van der Waals surface area (Å²) in [5, 5.41) is 0. The van der Waals surface area contributed by atoms with Gasteiger partial charge in [0.15, 0.2) is 0 Å². The van der Waals surface area contributed by atoms with Gasteiger partial charge in [0, 0.05) is 0 Å². The van der Waals surface area contributed by atoms with Crippen LogP contribution in [0, 0.1) is 0 Å². The Balaban J connectivity index is 1.96. The van der Waals surface area contributed by atoms with Gasteiger partial charge in [0.05, 0.1) is 5.56 Å². The van der Waals surface area contributed by atoms with Crippen molar-refractivity contribution in [2.24, 2.45) is 0 Å². The van der Waals surface area contributed by atoms with Gasteiger partial charge in [-0.1, -0.05) is 16.0 Å². The van der Waals surface area contributed by atoms with Crippen molar-refractivity contribution in [1.29, 1.82) is 0 Å². The number of hydrogen-bond acceptors (Lipinski definition) is 4. The summed E-state index contributed by atoms with van der Waals surface area (Å²) in [5.41, 5.74) is -0.236. The second-order valence-corrected chi connectivity index (χ2v) is 5.38. The van der Waals surface area contributed by atoms with Gasteiger partial charge in [-0.2, -0.15) is 21.6 Å². The molecule has 0 bridgehead atoms. The van der Waals surface area contributed by atoms with Gasteiger partial charge in [0.25, 0.3) is 0 Å². The molecular weight excluding hydrogens is 340 g/mol. The van der Waals surface area contributed by atoms with Crippen LogP contribution in [-0.4, -0.2) is 8.42 Å². The Morgan fingerprint density at radius 1 is 0.870 bits per heavy atom. The van der Waals surface area contributed by atoms with Crippen molar-refractivity contribution in [1.82, 2.24) is 0 Å². The van der Waals surface area contributed by atoms with E-state index in [0.29, 0.717) is 11.3 Å². The average Bonchev–Trinajstić information content (AvgIpc) is 2.44. The molecule has 0 saturated carbocycles. The van der Waals surface area contributed by atoms with Crippen molar-refractivity contribution >= 4 is 10.5 Å². The molecular formula is C14H10F4O4S. The third-order valence-corrected chi connectivity index (χ3v) is 3.10. The fraction of sp³-hybridized carbons (Fsp3) is 0.143. The van der Waals surface area contributed by atoms with Gasteiger partial charge >= 0.3 is 16.7 Å². The lowest BCUT2D eigenvalue weighted by Crippen LogP contribution is -2.05. The van der Waals surface area contributed by atoms with Crippen LogP contribution in [-0.2, 0) is 23.3 Å². The summed E-state index contributed by atoms with van der Waals surface area (Å²) in [5.74, 6) is 0.0860. The molecule has 0 radical (unpaired) electrons. The SMILES string of the molecule is O=S(=O)(F)Oc1ccc(OCc2ccc(C(F)(F)F)cc2)cc1. The number of alkyl halides is 3. The quantitative estimate of drug-likeness (QED) is 0.607. The Morgan fingerprint density at radius 2 is 1.39 bits per heavy atom. The van der Waals surface area contributed by atoms with Crippen LogP contribution in [0.2, 0.25) is 0 Å². The molecule has 2 aromatic carbocycles. The van der Waals surface area contributed by atoms with E-state index < -0.39 is 22.2 Å². The molecule has 0 aromatic heterocycles. The summed E-state index contributed by atoms with van der Waals surface area (Å²) in [7, 11) is -5.09. The number of halogens is 4. The van der Waals surface area contributed by atoms with Crippen LogP contribution in [0.3, 0.4) is 0 Å². The minimum atomic E-state index is -5.09. The molecule has 124 valence electrons.